The summed E-state index contributed by atoms with van der Waals surface area (Å²) in [4.78, 5) is 0. The second-order valence-corrected chi connectivity index (χ2v) is 7.44. The van der Waals surface area contributed by atoms with E-state index in [1.54, 1.807) is 11.6 Å². The summed E-state index contributed by atoms with van der Waals surface area (Å²) in [5, 5.41) is 3.86. The van der Waals surface area contributed by atoms with Crippen molar-refractivity contribution in [2.24, 2.45) is 5.73 Å². The lowest BCUT2D eigenvalue weighted by Gasteiger charge is -2.11. The number of aryl methyl sites for hydroxylation is 2. The smallest absolute Gasteiger partial charge is 0.159 e. The standard InChI is InChI=1S/C11H20BrN3O2S/c1-4-9-11(12)10(15(5-2)14-9)7-18(16,17)8(3)6-13/h8H,4-7,13H2,1-3H3. The van der Waals surface area contributed by atoms with E-state index in [0.717, 1.165) is 22.3 Å². The SMILES string of the molecule is CCc1nn(CC)c(CS(=O)(=O)C(C)CN)c1Br. The second kappa shape index (κ2) is 6.16. The third-order valence-electron chi connectivity index (χ3n) is 2.98. The summed E-state index contributed by atoms with van der Waals surface area (Å²) in [6.07, 6.45) is 0.771. The molecule has 1 rings (SSSR count). The van der Waals surface area contributed by atoms with Gasteiger partial charge in [0.15, 0.2) is 9.84 Å². The van der Waals surface area contributed by atoms with Crippen molar-refractivity contribution < 1.29 is 8.42 Å². The zero-order valence-corrected chi connectivity index (χ0v) is 13.4. The van der Waals surface area contributed by atoms with Crippen molar-refractivity contribution in [3.63, 3.8) is 0 Å². The van der Waals surface area contributed by atoms with Crippen molar-refractivity contribution >= 4 is 25.8 Å². The maximum Gasteiger partial charge on any atom is 0.159 e. The lowest BCUT2D eigenvalue weighted by molar-refractivity contribution is 0.574. The molecular formula is C11H20BrN3O2S. The van der Waals surface area contributed by atoms with Gasteiger partial charge in [-0.1, -0.05) is 6.92 Å². The largest absolute Gasteiger partial charge is 0.329 e. The van der Waals surface area contributed by atoms with Crippen molar-refractivity contribution in [1.82, 2.24) is 9.78 Å². The minimum absolute atomic E-state index is 0.0210. The molecule has 0 aliphatic carbocycles. The van der Waals surface area contributed by atoms with Gasteiger partial charge >= 0.3 is 0 Å². The van der Waals surface area contributed by atoms with E-state index in [9.17, 15) is 8.42 Å². The number of nitrogens with two attached hydrogens (primary N) is 1. The Morgan fingerprint density at radius 3 is 2.50 bits per heavy atom. The molecule has 1 heterocycles. The van der Waals surface area contributed by atoms with E-state index in [1.165, 1.54) is 0 Å². The van der Waals surface area contributed by atoms with Crippen molar-refractivity contribution in [3.8, 4) is 0 Å². The number of hydrogen-bond donors (Lipinski definition) is 1. The van der Waals surface area contributed by atoms with Crippen LogP contribution in [0.1, 0.15) is 32.2 Å². The summed E-state index contributed by atoms with van der Waals surface area (Å²) in [5.41, 5.74) is 7.05. The molecule has 0 bridgehead atoms. The summed E-state index contributed by atoms with van der Waals surface area (Å²) in [6, 6.07) is 0. The Bertz CT molecular complexity index is 511. The molecule has 0 aliphatic rings. The van der Waals surface area contributed by atoms with Crippen molar-refractivity contribution in [1.29, 1.82) is 0 Å². The lowest BCUT2D eigenvalue weighted by Crippen LogP contribution is -2.28. The van der Waals surface area contributed by atoms with Crippen LogP contribution in [0.2, 0.25) is 0 Å². The molecule has 1 atom stereocenters. The van der Waals surface area contributed by atoms with E-state index < -0.39 is 15.1 Å². The highest BCUT2D eigenvalue weighted by Gasteiger charge is 2.25. The fourth-order valence-electron chi connectivity index (χ4n) is 1.63. The van der Waals surface area contributed by atoms with Gasteiger partial charge in [0.25, 0.3) is 0 Å². The van der Waals surface area contributed by atoms with Gasteiger partial charge in [-0.25, -0.2) is 8.42 Å². The summed E-state index contributed by atoms with van der Waals surface area (Å²) in [6.45, 7) is 6.37. The van der Waals surface area contributed by atoms with Crippen LogP contribution >= 0.6 is 15.9 Å². The molecule has 0 saturated carbocycles. The highest BCUT2D eigenvalue weighted by molar-refractivity contribution is 9.10. The number of sulfone groups is 1. The fourth-order valence-corrected chi connectivity index (χ4v) is 3.78. The average molecular weight is 338 g/mol. The first-order chi connectivity index (χ1) is 8.37. The number of hydrogen-bond acceptors (Lipinski definition) is 4. The van der Waals surface area contributed by atoms with Gasteiger partial charge in [0.2, 0.25) is 0 Å². The minimum Gasteiger partial charge on any atom is -0.329 e. The molecule has 0 spiro atoms. The van der Waals surface area contributed by atoms with E-state index >= 15 is 0 Å². The van der Waals surface area contributed by atoms with Crippen LogP contribution in [-0.2, 0) is 28.6 Å². The number of aromatic nitrogens is 2. The summed E-state index contributed by atoms with van der Waals surface area (Å²) < 4.78 is 26.8. The number of halogens is 1. The first-order valence-electron chi connectivity index (χ1n) is 6.03. The van der Waals surface area contributed by atoms with Gasteiger partial charge in [0, 0.05) is 13.1 Å². The molecule has 1 aromatic rings. The second-order valence-electron chi connectivity index (χ2n) is 4.23. The topological polar surface area (TPSA) is 78.0 Å². The first-order valence-corrected chi connectivity index (χ1v) is 8.53. The number of nitrogens with zero attached hydrogens (tertiary/aromatic N) is 2. The van der Waals surface area contributed by atoms with Crippen LogP contribution < -0.4 is 5.73 Å². The molecule has 5 nitrogen and oxygen atoms in total. The van der Waals surface area contributed by atoms with Crippen molar-refractivity contribution in [3.05, 3.63) is 15.9 Å². The molecule has 0 aromatic carbocycles. The average Bonchev–Trinajstić information content (AvgIpc) is 2.64. The quantitative estimate of drug-likeness (QED) is 0.852. The minimum atomic E-state index is -3.23. The third-order valence-corrected chi connectivity index (χ3v) is 5.99. The van der Waals surface area contributed by atoms with Gasteiger partial charge in [-0.05, 0) is 36.2 Å². The van der Waals surface area contributed by atoms with Gasteiger partial charge < -0.3 is 5.73 Å². The predicted octanol–water partition coefficient (Wildman–Crippen LogP) is 1.49. The van der Waals surface area contributed by atoms with Crippen molar-refractivity contribution in [2.45, 2.75) is 44.7 Å². The Balaban J connectivity index is 3.15. The fraction of sp³-hybridized carbons (Fsp3) is 0.727. The molecule has 0 fully saturated rings. The van der Waals surface area contributed by atoms with E-state index in [4.69, 9.17) is 5.73 Å². The van der Waals surface area contributed by atoms with Crippen LogP contribution in [-0.4, -0.2) is 30.0 Å². The van der Waals surface area contributed by atoms with Gasteiger partial charge in [-0.3, -0.25) is 4.68 Å². The Morgan fingerprint density at radius 1 is 1.44 bits per heavy atom. The monoisotopic (exact) mass is 337 g/mol. The van der Waals surface area contributed by atoms with Crippen LogP contribution in [0, 0.1) is 0 Å². The van der Waals surface area contributed by atoms with Crippen LogP contribution in [0.3, 0.4) is 0 Å². The van der Waals surface area contributed by atoms with Crippen LogP contribution in [0.4, 0.5) is 0 Å². The Kier molecular flexibility index (Phi) is 5.36. The highest BCUT2D eigenvalue weighted by Crippen LogP contribution is 2.25. The van der Waals surface area contributed by atoms with E-state index in [-0.39, 0.29) is 12.3 Å². The Morgan fingerprint density at radius 2 is 2.06 bits per heavy atom. The van der Waals surface area contributed by atoms with E-state index in [2.05, 4.69) is 21.0 Å². The van der Waals surface area contributed by atoms with Crippen LogP contribution in [0.15, 0.2) is 4.47 Å². The maximum absolute atomic E-state index is 12.1. The van der Waals surface area contributed by atoms with Crippen molar-refractivity contribution in [2.75, 3.05) is 6.54 Å². The summed E-state index contributed by atoms with van der Waals surface area (Å²) in [7, 11) is -3.23. The molecule has 0 amide bonds. The van der Waals surface area contributed by atoms with Gasteiger partial charge in [0.05, 0.1) is 26.9 Å². The molecule has 1 aromatic heterocycles. The van der Waals surface area contributed by atoms with Gasteiger partial charge in [0.1, 0.15) is 0 Å². The zero-order valence-electron chi connectivity index (χ0n) is 11.0. The molecule has 0 radical (unpaired) electrons. The Labute approximate surface area is 117 Å². The molecule has 7 heteroatoms. The van der Waals surface area contributed by atoms with E-state index in [0.29, 0.717) is 6.54 Å². The summed E-state index contributed by atoms with van der Waals surface area (Å²) >= 11 is 3.45. The zero-order chi connectivity index (χ0) is 13.9. The van der Waals surface area contributed by atoms with Crippen LogP contribution in [0.25, 0.3) is 0 Å². The van der Waals surface area contributed by atoms with E-state index in [1.807, 2.05) is 13.8 Å². The molecule has 1 unspecified atom stereocenters. The normalized spacial score (nSPS) is 13.8. The molecule has 104 valence electrons. The van der Waals surface area contributed by atoms with Crippen LogP contribution in [0.5, 0.6) is 0 Å². The maximum atomic E-state index is 12.1. The Hall–Kier alpha value is -0.400. The predicted molar refractivity (Wildman–Crippen MR) is 76.1 cm³/mol. The molecule has 18 heavy (non-hydrogen) atoms. The molecule has 0 saturated heterocycles. The lowest BCUT2D eigenvalue weighted by atomic mass is 10.3. The number of rotatable bonds is 6. The third kappa shape index (κ3) is 3.13. The first kappa shape index (κ1) is 15.7. The molecule has 0 aliphatic heterocycles. The van der Waals surface area contributed by atoms with Gasteiger partial charge in [-0.15, -0.1) is 0 Å². The summed E-state index contributed by atoms with van der Waals surface area (Å²) in [5.74, 6) is -0.0210. The van der Waals surface area contributed by atoms with Gasteiger partial charge in [-0.2, -0.15) is 5.10 Å². The molecule has 2 N–H and O–H groups in total. The highest BCUT2D eigenvalue weighted by atomic mass is 79.9. The molecular weight excluding hydrogens is 318 g/mol.